The fourth-order valence-corrected chi connectivity index (χ4v) is 4.39. The van der Waals surface area contributed by atoms with Gasteiger partial charge >= 0.3 is 0 Å². The van der Waals surface area contributed by atoms with Gasteiger partial charge in [-0.15, -0.1) is 0 Å². The molecule has 0 fully saturated rings. The first-order valence-corrected chi connectivity index (χ1v) is 12.0. The van der Waals surface area contributed by atoms with Gasteiger partial charge < -0.3 is 20.9 Å². The van der Waals surface area contributed by atoms with Gasteiger partial charge in [0, 0.05) is 48.2 Å². The molecule has 0 aliphatic carbocycles. The molecule has 0 atom stereocenters. The summed E-state index contributed by atoms with van der Waals surface area (Å²) in [5.41, 5.74) is 11.6. The van der Waals surface area contributed by atoms with Crippen LogP contribution in [0.1, 0.15) is 32.7 Å². The number of amides is 2. The molecule has 2 amide bonds. The van der Waals surface area contributed by atoms with E-state index in [9.17, 15) is 9.59 Å². The minimum Gasteiger partial charge on any atom is -0.368 e. The minimum atomic E-state index is -0.140. The number of carbonyl (C=O) groups excluding carboxylic acids is 2. The molecule has 2 aromatic heterocycles. The number of nitrogen functional groups attached to an aromatic ring is 1. The summed E-state index contributed by atoms with van der Waals surface area (Å²) in [4.78, 5) is 33.4. The fourth-order valence-electron chi connectivity index (χ4n) is 4.26. The lowest BCUT2D eigenvalue weighted by molar-refractivity contribution is -0.115. The van der Waals surface area contributed by atoms with E-state index < -0.39 is 0 Å². The normalized spacial score (nSPS) is 12.2. The number of fused-ring (bicyclic) bond motifs is 1. The van der Waals surface area contributed by atoms with Gasteiger partial charge in [-0.25, -0.2) is 9.97 Å². The zero-order valence-electron chi connectivity index (χ0n) is 20.0. The van der Waals surface area contributed by atoms with Gasteiger partial charge in [0.25, 0.3) is 5.91 Å². The van der Waals surface area contributed by atoms with Gasteiger partial charge in [0.15, 0.2) is 0 Å². The molecule has 8 nitrogen and oxygen atoms in total. The third kappa shape index (κ3) is 5.32. The lowest BCUT2D eigenvalue weighted by Gasteiger charge is -2.14. The predicted octanol–water partition coefficient (Wildman–Crippen LogP) is 3.58. The van der Waals surface area contributed by atoms with Gasteiger partial charge in [0.1, 0.15) is 5.69 Å². The zero-order valence-corrected chi connectivity index (χ0v) is 20.8. The molecular weight excluding hydrogens is 488 g/mol. The van der Waals surface area contributed by atoms with Crippen LogP contribution in [0.5, 0.6) is 0 Å². The van der Waals surface area contributed by atoms with Crippen molar-refractivity contribution < 1.29 is 9.59 Å². The SMILES string of the molecule is Cn1c(-c2nc(N)ncc2C#Cc2cccc(CC(=O)Nc3ccc(Cl)cc3)c2)cc2c1CCNC2=O. The van der Waals surface area contributed by atoms with Crippen LogP contribution in [0.3, 0.4) is 0 Å². The predicted molar refractivity (Wildman–Crippen MR) is 143 cm³/mol. The van der Waals surface area contributed by atoms with Gasteiger partial charge in [-0.05, 0) is 48.0 Å². The highest BCUT2D eigenvalue weighted by Crippen LogP contribution is 2.28. The molecule has 0 saturated heterocycles. The third-order valence-corrected chi connectivity index (χ3v) is 6.31. The van der Waals surface area contributed by atoms with Gasteiger partial charge in [-0.1, -0.05) is 35.6 Å². The molecule has 0 spiro atoms. The van der Waals surface area contributed by atoms with Gasteiger partial charge in [-0.3, -0.25) is 9.59 Å². The first kappa shape index (κ1) is 24.1. The third-order valence-electron chi connectivity index (χ3n) is 6.06. The van der Waals surface area contributed by atoms with Crippen molar-refractivity contribution in [3.8, 4) is 23.2 Å². The van der Waals surface area contributed by atoms with Crippen LogP contribution in [0, 0.1) is 11.8 Å². The molecule has 0 bridgehead atoms. The van der Waals surface area contributed by atoms with Crippen LogP contribution in [0.2, 0.25) is 5.02 Å². The van der Waals surface area contributed by atoms with Crippen molar-refractivity contribution in [3.63, 3.8) is 0 Å². The number of carbonyl (C=O) groups is 2. The van der Waals surface area contributed by atoms with Crippen molar-refractivity contribution in [2.45, 2.75) is 12.8 Å². The highest BCUT2D eigenvalue weighted by Gasteiger charge is 2.24. The van der Waals surface area contributed by atoms with Crippen LogP contribution in [-0.4, -0.2) is 32.9 Å². The summed E-state index contributed by atoms with van der Waals surface area (Å²) in [6, 6.07) is 16.3. The Hall–Kier alpha value is -4.61. The topological polar surface area (TPSA) is 115 Å². The molecule has 184 valence electrons. The Bertz CT molecular complexity index is 1580. The highest BCUT2D eigenvalue weighted by molar-refractivity contribution is 6.30. The number of nitrogens with two attached hydrogens (primary N) is 1. The fraction of sp³-hybridized carbons (Fsp3) is 0.143. The number of hydrogen-bond donors (Lipinski definition) is 3. The summed E-state index contributed by atoms with van der Waals surface area (Å²) in [6.07, 6.45) is 2.52. The van der Waals surface area contributed by atoms with Crippen LogP contribution >= 0.6 is 11.6 Å². The van der Waals surface area contributed by atoms with Gasteiger partial charge in [0.05, 0.1) is 23.2 Å². The molecule has 5 rings (SSSR count). The summed E-state index contributed by atoms with van der Waals surface area (Å²) in [5.74, 6) is 6.17. The van der Waals surface area contributed by atoms with E-state index in [4.69, 9.17) is 17.3 Å². The number of anilines is 2. The molecule has 4 aromatic rings. The smallest absolute Gasteiger partial charge is 0.253 e. The van der Waals surface area contributed by atoms with Crippen molar-refractivity contribution in [1.82, 2.24) is 19.9 Å². The summed E-state index contributed by atoms with van der Waals surface area (Å²) in [6.45, 7) is 0.593. The molecule has 0 unspecified atom stereocenters. The first-order chi connectivity index (χ1) is 17.9. The number of hydrogen-bond acceptors (Lipinski definition) is 5. The Morgan fingerprint density at radius 1 is 1.19 bits per heavy atom. The number of halogens is 1. The Labute approximate surface area is 218 Å². The van der Waals surface area contributed by atoms with Crippen LogP contribution in [0.15, 0.2) is 60.8 Å². The first-order valence-electron chi connectivity index (χ1n) is 11.6. The van der Waals surface area contributed by atoms with Crippen LogP contribution in [-0.2, 0) is 24.7 Å². The Morgan fingerprint density at radius 2 is 2.00 bits per heavy atom. The molecule has 9 heteroatoms. The Morgan fingerprint density at radius 3 is 2.78 bits per heavy atom. The van der Waals surface area contributed by atoms with E-state index in [0.717, 1.165) is 28.9 Å². The second-order valence-electron chi connectivity index (χ2n) is 8.63. The van der Waals surface area contributed by atoms with Crippen molar-refractivity contribution in [1.29, 1.82) is 0 Å². The molecule has 1 aliphatic rings. The average molecular weight is 511 g/mol. The highest BCUT2D eigenvalue weighted by atomic mass is 35.5. The monoisotopic (exact) mass is 510 g/mol. The maximum Gasteiger partial charge on any atom is 0.253 e. The number of benzene rings is 2. The Balaban J connectivity index is 1.39. The maximum absolute atomic E-state index is 12.5. The molecule has 37 heavy (non-hydrogen) atoms. The van der Waals surface area contributed by atoms with Crippen molar-refractivity contribution in [3.05, 3.63) is 93.8 Å². The van der Waals surface area contributed by atoms with Gasteiger partial charge in [-0.2, -0.15) is 0 Å². The molecule has 2 aromatic carbocycles. The quantitative estimate of drug-likeness (QED) is 0.363. The average Bonchev–Trinajstić information content (AvgIpc) is 3.22. The maximum atomic E-state index is 12.5. The summed E-state index contributed by atoms with van der Waals surface area (Å²) >= 11 is 5.90. The summed E-state index contributed by atoms with van der Waals surface area (Å²) in [7, 11) is 1.90. The van der Waals surface area contributed by atoms with E-state index >= 15 is 0 Å². The second-order valence-corrected chi connectivity index (χ2v) is 9.06. The molecular formula is C28H23ClN6O2. The second kappa shape index (κ2) is 10.2. The number of nitrogens with zero attached hydrogens (tertiary/aromatic N) is 3. The molecule has 1 aliphatic heterocycles. The zero-order chi connectivity index (χ0) is 25.9. The summed E-state index contributed by atoms with van der Waals surface area (Å²) in [5, 5.41) is 6.34. The van der Waals surface area contributed by atoms with Crippen LogP contribution in [0.25, 0.3) is 11.4 Å². The van der Waals surface area contributed by atoms with Crippen LogP contribution < -0.4 is 16.4 Å². The number of rotatable bonds is 4. The molecule has 3 heterocycles. The molecule has 0 radical (unpaired) electrons. The van der Waals surface area contributed by atoms with E-state index in [1.807, 2.05) is 41.9 Å². The van der Waals surface area contributed by atoms with E-state index in [2.05, 4.69) is 32.4 Å². The van der Waals surface area contributed by atoms with E-state index in [0.29, 0.717) is 34.1 Å². The van der Waals surface area contributed by atoms with Crippen molar-refractivity contribution >= 4 is 35.1 Å². The van der Waals surface area contributed by atoms with E-state index in [-0.39, 0.29) is 24.2 Å². The standard InChI is InChI=1S/C28H23ClN6O2/c1-35-23-11-12-31-27(37)22(23)15-24(35)26-19(16-32-28(30)34-26)6-5-17-3-2-4-18(13-17)14-25(36)33-21-9-7-20(29)8-10-21/h2-4,7-10,13,15-16H,11-12,14H2,1H3,(H,31,37)(H,33,36)(H2,30,32,34). The number of nitrogens with one attached hydrogen (secondary N) is 2. The molecule has 4 N–H and O–H groups in total. The van der Waals surface area contributed by atoms with E-state index in [1.165, 1.54) is 0 Å². The van der Waals surface area contributed by atoms with Crippen LogP contribution in [0.4, 0.5) is 11.6 Å². The minimum absolute atomic E-state index is 0.102. The van der Waals surface area contributed by atoms with E-state index in [1.54, 1.807) is 30.5 Å². The Kier molecular flexibility index (Phi) is 6.62. The summed E-state index contributed by atoms with van der Waals surface area (Å²) < 4.78 is 1.96. The van der Waals surface area contributed by atoms with Crippen molar-refractivity contribution in [2.75, 3.05) is 17.6 Å². The largest absolute Gasteiger partial charge is 0.368 e. The van der Waals surface area contributed by atoms with Crippen molar-refractivity contribution in [2.24, 2.45) is 7.05 Å². The lowest BCUT2D eigenvalue weighted by Crippen LogP contribution is -2.31. The number of aromatic nitrogens is 3. The molecule has 0 saturated carbocycles. The lowest BCUT2D eigenvalue weighted by atomic mass is 10.1. The van der Waals surface area contributed by atoms with Gasteiger partial charge in [0.2, 0.25) is 11.9 Å².